The maximum absolute atomic E-state index is 11.5. The topological polar surface area (TPSA) is 55.3 Å². The summed E-state index contributed by atoms with van der Waals surface area (Å²) in [6, 6.07) is 0. The van der Waals surface area contributed by atoms with Crippen LogP contribution in [-0.4, -0.2) is 36.4 Å². The molecule has 1 aliphatic heterocycles. The Morgan fingerprint density at radius 2 is 2.25 bits per heavy atom. The lowest BCUT2D eigenvalue weighted by molar-refractivity contribution is -0.145. The molecule has 0 amide bonds. The minimum absolute atomic E-state index is 0.0470. The van der Waals surface area contributed by atoms with E-state index in [1.807, 2.05) is 6.92 Å². The summed E-state index contributed by atoms with van der Waals surface area (Å²) in [5.74, 6) is 0.127. The number of hydrogen-bond donors (Lipinski definition) is 0. The lowest BCUT2D eigenvalue weighted by Crippen LogP contribution is -2.24. The fraction of sp³-hybridized carbons (Fsp3) is 0.700. The van der Waals surface area contributed by atoms with Crippen LogP contribution in [0.2, 0.25) is 0 Å². The quantitative estimate of drug-likeness (QED) is 0.725. The molecular weight excluding hydrogens is 226 g/mol. The molecule has 1 saturated heterocycles. The molecule has 1 aliphatic rings. The summed E-state index contributed by atoms with van der Waals surface area (Å²) in [5.41, 5.74) is 0. The van der Waals surface area contributed by atoms with Crippen LogP contribution in [0.4, 0.5) is 5.13 Å². The highest BCUT2D eigenvalue weighted by atomic mass is 32.1. The Hall–Kier alpha value is -1.17. The van der Waals surface area contributed by atoms with Gasteiger partial charge in [-0.2, -0.15) is 0 Å². The van der Waals surface area contributed by atoms with E-state index in [4.69, 9.17) is 4.74 Å². The number of carbonyl (C=O) groups is 1. The highest BCUT2D eigenvalue weighted by Gasteiger charge is 2.36. The van der Waals surface area contributed by atoms with Gasteiger partial charge in [-0.3, -0.25) is 4.79 Å². The number of esters is 1. The standard InChI is InChI=1S/C10H15N3O2S/c1-6-4-13(5-8(6)9(14)15-3)10-12-11-7(2)16-10/h6,8H,4-5H2,1-3H3. The van der Waals surface area contributed by atoms with Crippen molar-refractivity contribution in [3.8, 4) is 0 Å². The maximum atomic E-state index is 11.5. The zero-order valence-electron chi connectivity index (χ0n) is 9.64. The van der Waals surface area contributed by atoms with Gasteiger partial charge in [0.15, 0.2) is 0 Å². The van der Waals surface area contributed by atoms with Crippen molar-refractivity contribution in [3.05, 3.63) is 5.01 Å². The summed E-state index contributed by atoms with van der Waals surface area (Å²) in [6.07, 6.45) is 0. The summed E-state index contributed by atoms with van der Waals surface area (Å²) in [7, 11) is 1.44. The van der Waals surface area contributed by atoms with E-state index in [0.29, 0.717) is 12.5 Å². The summed E-state index contributed by atoms with van der Waals surface area (Å²) in [4.78, 5) is 13.6. The van der Waals surface area contributed by atoms with Crippen molar-refractivity contribution in [1.29, 1.82) is 0 Å². The first kappa shape index (κ1) is 11.3. The van der Waals surface area contributed by atoms with Gasteiger partial charge < -0.3 is 9.64 Å². The average molecular weight is 241 g/mol. The summed E-state index contributed by atoms with van der Waals surface area (Å²) < 4.78 is 4.80. The Balaban J connectivity index is 2.09. The fourth-order valence-corrected chi connectivity index (χ4v) is 2.70. The molecule has 1 aromatic heterocycles. The number of aromatic nitrogens is 2. The third kappa shape index (κ3) is 2.02. The van der Waals surface area contributed by atoms with Crippen LogP contribution in [0, 0.1) is 18.8 Å². The number of aryl methyl sites for hydroxylation is 1. The summed E-state index contributed by atoms with van der Waals surface area (Å²) in [5, 5.41) is 9.93. The predicted octanol–water partition coefficient (Wildman–Crippen LogP) is 1.09. The molecule has 2 heterocycles. The molecule has 1 aromatic rings. The third-order valence-electron chi connectivity index (χ3n) is 2.90. The Morgan fingerprint density at radius 3 is 2.81 bits per heavy atom. The number of rotatable bonds is 2. The van der Waals surface area contributed by atoms with Gasteiger partial charge in [0.1, 0.15) is 5.01 Å². The maximum Gasteiger partial charge on any atom is 0.310 e. The van der Waals surface area contributed by atoms with Crippen molar-refractivity contribution >= 4 is 22.4 Å². The molecule has 0 N–H and O–H groups in total. The predicted molar refractivity (Wildman–Crippen MR) is 61.5 cm³/mol. The van der Waals surface area contributed by atoms with E-state index in [1.165, 1.54) is 7.11 Å². The van der Waals surface area contributed by atoms with E-state index >= 15 is 0 Å². The Morgan fingerprint density at radius 1 is 1.50 bits per heavy atom. The largest absolute Gasteiger partial charge is 0.469 e. The molecule has 0 bridgehead atoms. The Kier molecular flexibility index (Phi) is 3.09. The normalized spacial score (nSPS) is 24.8. The number of nitrogens with zero attached hydrogens (tertiary/aromatic N) is 3. The van der Waals surface area contributed by atoms with Crippen LogP contribution in [0.15, 0.2) is 0 Å². The molecule has 0 saturated carbocycles. The second-order valence-corrected chi connectivity index (χ2v) is 5.28. The zero-order valence-corrected chi connectivity index (χ0v) is 10.5. The van der Waals surface area contributed by atoms with Gasteiger partial charge in [-0.05, 0) is 12.8 Å². The van der Waals surface area contributed by atoms with Crippen LogP contribution >= 0.6 is 11.3 Å². The van der Waals surface area contributed by atoms with E-state index in [0.717, 1.165) is 16.7 Å². The van der Waals surface area contributed by atoms with Crippen molar-refractivity contribution in [2.24, 2.45) is 11.8 Å². The number of anilines is 1. The fourth-order valence-electron chi connectivity index (χ4n) is 2.00. The van der Waals surface area contributed by atoms with Gasteiger partial charge in [-0.1, -0.05) is 18.3 Å². The second kappa shape index (κ2) is 4.37. The van der Waals surface area contributed by atoms with Gasteiger partial charge in [0.05, 0.1) is 13.0 Å². The van der Waals surface area contributed by atoms with Crippen LogP contribution in [0.3, 0.4) is 0 Å². The summed E-state index contributed by atoms with van der Waals surface area (Å²) >= 11 is 1.56. The molecule has 16 heavy (non-hydrogen) atoms. The first-order chi connectivity index (χ1) is 7.61. The van der Waals surface area contributed by atoms with Crippen molar-refractivity contribution in [3.63, 3.8) is 0 Å². The molecule has 6 heteroatoms. The van der Waals surface area contributed by atoms with Crippen molar-refractivity contribution < 1.29 is 9.53 Å². The second-order valence-electron chi connectivity index (χ2n) is 4.12. The Bertz CT molecular complexity index is 393. The van der Waals surface area contributed by atoms with Gasteiger partial charge in [0.2, 0.25) is 5.13 Å². The molecule has 2 unspecified atom stereocenters. The van der Waals surface area contributed by atoms with Gasteiger partial charge in [-0.25, -0.2) is 0 Å². The SMILES string of the molecule is COC(=O)C1CN(c2nnc(C)s2)CC1C. The minimum Gasteiger partial charge on any atom is -0.469 e. The summed E-state index contributed by atoms with van der Waals surface area (Å²) in [6.45, 7) is 5.52. The average Bonchev–Trinajstić information content (AvgIpc) is 2.83. The van der Waals surface area contributed by atoms with E-state index < -0.39 is 0 Å². The monoisotopic (exact) mass is 241 g/mol. The van der Waals surface area contributed by atoms with Crippen LogP contribution in [0.5, 0.6) is 0 Å². The van der Waals surface area contributed by atoms with Crippen LogP contribution in [0.25, 0.3) is 0 Å². The molecule has 0 spiro atoms. The molecule has 2 rings (SSSR count). The van der Waals surface area contributed by atoms with Crippen molar-refractivity contribution in [2.75, 3.05) is 25.1 Å². The van der Waals surface area contributed by atoms with E-state index in [9.17, 15) is 4.79 Å². The van der Waals surface area contributed by atoms with Crippen molar-refractivity contribution in [1.82, 2.24) is 10.2 Å². The number of ether oxygens (including phenoxy) is 1. The number of methoxy groups -OCH3 is 1. The van der Waals surface area contributed by atoms with Gasteiger partial charge in [0, 0.05) is 13.1 Å². The molecule has 5 nitrogen and oxygen atoms in total. The van der Waals surface area contributed by atoms with Gasteiger partial charge >= 0.3 is 5.97 Å². The molecular formula is C10H15N3O2S. The minimum atomic E-state index is -0.128. The van der Waals surface area contributed by atoms with E-state index in [-0.39, 0.29) is 11.9 Å². The first-order valence-electron chi connectivity index (χ1n) is 5.24. The highest BCUT2D eigenvalue weighted by Crippen LogP contribution is 2.30. The van der Waals surface area contributed by atoms with Crippen molar-refractivity contribution in [2.45, 2.75) is 13.8 Å². The lowest BCUT2D eigenvalue weighted by atomic mass is 9.99. The number of carbonyl (C=O) groups excluding carboxylic acids is 1. The first-order valence-corrected chi connectivity index (χ1v) is 6.06. The Labute approximate surface area is 98.4 Å². The molecule has 88 valence electrons. The van der Waals surface area contributed by atoms with E-state index in [2.05, 4.69) is 22.0 Å². The lowest BCUT2D eigenvalue weighted by Gasteiger charge is -2.12. The van der Waals surface area contributed by atoms with Crippen LogP contribution < -0.4 is 4.90 Å². The molecule has 0 aromatic carbocycles. The van der Waals surface area contributed by atoms with Crippen LogP contribution in [0.1, 0.15) is 11.9 Å². The van der Waals surface area contributed by atoms with E-state index in [1.54, 1.807) is 11.3 Å². The number of hydrogen-bond acceptors (Lipinski definition) is 6. The molecule has 0 radical (unpaired) electrons. The molecule has 2 atom stereocenters. The molecule has 1 fully saturated rings. The smallest absolute Gasteiger partial charge is 0.310 e. The molecule has 0 aliphatic carbocycles. The third-order valence-corrected chi connectivity index (χ3v) is 3.80. The highest BCUT2D eigenvalue weighted by molar-refractivity contribution is 7.15. The van der Waals surface area contributed by atoms with Crippen LogP contribution in [-0.2, 0) is 9.53 Å². The van der Waals surface area contributed by atoms with Gasteiger partial charge in [-0.15, -0.1) is 10.2 Å². The zero-order chi connectivity index (χ0) is 11.7. The van der Waals surface area contributed by atoms with Gasteiger partial charge in [0.25, 0.3) is 0 Å².